The van der Waals surface area contributed by atoms with E-state index in [0.717, 1.165) is 12.1 Å². The van der Waals surface area contributed by atoms with Crippen LogP contribution in [0.1, 0.15) is 12.5 Å². The van der Waals surface area contributed by atoms with Gasteiger partial charge in [-0.05, 0) is 38.1 Å². The minimum atomic E-state index is -0.342. The number of benzene rings is 1. The van der Waals surface area contributed by atoms with E-state index in [1.54, 1.807) is 6.07 Å². The van der Waals surface area contributed by atoms with Gasteiger partial charge >= 0.3 is 0 Å². The standard InChI is InChI=1S/C14H19Cl2NO/c1-4-7-17(3)14(2,10-18)9-11-5-6-12(15)13(16)8-11/h4-6,8,18H,1,7,9-10H2,2-3H3/t14-/m1/s1. The van der Waals surface area contributed by atoms with Crippen molar-refractivity contribution < 1.29 is 5.11 Å². The average Bonchev–Trinajstić information content (AvgIpc) is 2.34. The Morgan fingerprint density at radius 2 is 2.06 bits per heavy atom. The molecule has 0 aliphatic rings. The molecule has 1 aromatic carbocycles. The Bertz CT molecular complexity index is 422. The Balaban J connectivity index is 2.90. The van der Waals surface area contributed by atoms with Gasteiger partial charge in [-0.15, -0.1) is 6.58 Å². The first-order valence-electron chi connectivity index (χ1n) is 5.80. The van der Waals surface area contributed by atoms with Gasteiger partial charge in [0.2, 0.25) is 0 Å². The maximum Gasteiger partial charge on any atom is 0.0616 e. The number of halogens is 2. The highest BCUT2D eigenvalue weighted by atomic mass is 35.5. The molecule has 0 radical (unpaired) electrons. The van der Waals surface area contributed by atoms with Crippen LogP contribution in [-0.2, 0) is 6.42 Å². The Kier molecular flexibility index (Phi) is 5.67. The topological polar surface area (TPSA) is 23.5 Å². The second-order valence-corrected chi connectivity index (χ2v) is 5.56. The van der Waals surface area contributed by atoms with Crippen molar-refractivity contribution in [2.24, 2.45) is 0 Å². The fourth-order valence-electron chi connectivity index (χ4n) is 1.81. The Morgan fingerprint density at radius 3 is 2.56 bits per heavy atom. The highest BCUT2D eigenvalue weighted by Crippen LogP contribution is 2.26. The lowest BCUT2D eigenvalue weighted by atomic mass is 9.92. The van der Waals surface area contributed by atoms with Crippen molar-refractivity contribution in [2.45, 2.75) is 18.9 Å². The average molecular weight is 288 g/mol. The predicted molar refractivity (Wildman–Crippen MR) is 78.5 cm³/mol. The minimum Gasteiger partial charge on any atom is -0.394 e. The van der Waals surface area contributed by atoms with Gasteiger partial charge in [0, 0.05) is 12.1 Å². The molecule has 1 rings (SSSR count). The molecular formula is C14H19Cl2NO. The molecule has 0 aliphatic carbocycles. The van der Waals surface area contributed by atoms with Crippen LogP contribution in [0.5, 0.6) is 0 Å². The molecule has 1 N–H and O–H groups in total. The van der Waals surface area contributed by atoms with Crippen molar-refractivity contribution in [2.75, 3.05) is 20.2 Å². The number of rotatable bonds is 6. The van der Waals surface area contributed by atoms with E-state index in [0.29, 0.717) is 16.5 Å². The quantitative estimate of drug-likeness (QED) is 0.811. The third kappa shape index (κ3) is 3.72. The van der Waals surface area contributed by atoms with Gasteiger partial charge in [-0.3, -0.25) is 4.90 Å². The zero-order valence-electron chi connectivity index (χ0n) is 10.8. The van der Waals surface area contributed by atoms with Gasteiger partial charge in [-0.25, -0.2) is 0 Å². The fourth-order valence-corrected chi connectivity index (χ4v) is 2.14. The summed E-state index contributed by atoms with van der Waals surface area (Å²) in [6, 6.07) is 5.56. The van der Waals surface area contributed by atoms with E-state index in [9.17, 15) is 5.11 Å². The molecule has 0 fully saturated rings. The van der Waals surface area contributed by atoms with Crippen LogP contribution < -0.4 is 0 Å². The molecule has 0 spiro atoms. The normalized spacial score (nSPS) is 14.6. The van der Waals surface area contributed by atoms with Crippen molar-refractivity contribution in [1.82, 2.24) is 4.90 Å². The maximum atomic E-state index is 9.63. The van der Waals surface area contributed by atoms with Crippen molar-refractivity contribution in [1.29, 1.82) is 0 Å². The third-order valence-electron chi connectivity index (χ3n) is 3.23. The van der Waals surface area contributed by atoms with Gasteiger partial charge in [0.15, 0.2) is 0 Å². The third-order valence-corrected chi connectivity index (χ3v) is 3.97. The molecule has 0 aliphatic heterocycles. The summed E-state index contributed by atoms with van der Waals surface area (Å²) in [5, 5.41) is 10.7. The number of nitrogens with zero attached hydrogens (tertiary/aromatic N) is 1. The molecule has 0 aromatic heterocycles. The van der Waals surface area contributed by atoms with E-state index < -0.39 is 0 Å². The van der Waals surface area contributed by atoms with Crippen molar-refractivity contribution in [3.63, 3.8) is 0 Å². The lowest BCUT2D eigenvalue weighted by Gasteiger charge is -2.37. The minimum absolute atomic E-state index is 0.0670. The van der Waals surface area contributed by atoms with Crippen LogP contribution >= 0.6 is 23.2 Å². The number of aliphatic hydroxyl groups excluding tert-OH is 1. The monoisotopic (exact) mass is 287 g/mol. The fraction of sp³-hybridized carbons (Fsp3) is 0.429. The number of aliphatic hydroxyl groups is 1. The lowest BCUT2D eigenvalue weighted by Crippen LogP contribution is -2.48. The smallest absolute Gasteiger partial charge is 0.0616 e. The van der Waals surface area contributed by atoms with Crippen LogP contribution in [0.15, 0.2) is 30.9 Å². The molecule has 0 unspecified atom stereocenters. The van der Waals surface area contributed by atoms with Crippen LogP contribution in [0.4, 0.5) is 0 Å². The summed E-state index contributed by atoms with van der Waals surface area (Å²) in [6.07, 6.45) is 2.52. The molecule has 1 aromatic rings. The Labute approximate surface area is 119 Å². The molecule has 100 valence electrons. The van der Waals surface area contributed by atoms with E-state index in [-0.39, 0.29) is 12.1 Å². The van der Waals surface area contributed by atoms with Crippen molar-refractivity contribution >= 4 is 23.2 Å². The summed E-state index contributed by atoms with van der Waals surface area (Å²) in [5.41, 5.74) is 0.711. The second-order valence-electron chi connectivity index (χ2n) is 4.75. The van der Waals surface area contributed by atoms with Gasteiger partial charge in [-0.2, -0.15) is 0 Å². The first-order chi connectivity index (χ1) is 8.42. The van der Waals surface area contributed by atoms with Crippen molar-refractivity contribution in [3.8, 4) is 0 Å². The van der Waals surface area contributed by atoms with Gasteiger partial charge in [0.05, 0.1) is 16.7 Å². The number of likely N-dealkylation sites (N-methyl/N-ethyl adjacent to an activating group) is 1. The Morgan fingerprint density at radius 1 is 1.39 bits per heavy atom. The summed E-state index contributed by atoms with van der Waals surface area (Å²) in [6.45, 7) is 6.52. The first kappa shape index (κ1) is 15.5. The van der Waals surface area contributed by atoms with E-state index in [4.69, 9.17) is 23.2 Å². The summed E-state index contributed by atoms with van der Waals surface area (Å²) in [7, 11) is 1.97. The predicted octanol–water partition coefficient (Wildman–Crippen LogP) is 3.40. The van der Waals surface area contributed by atoms with Crippen LogP contribution in [0.25, 0.3) is 0 Å². The van der Waals surface area contributed by atoms with Gasteiger partial charge in [-0.1, -0.05) is 35.3 Å². The lowest BCUT2D eigenvalue weighted by molar-refractivity contribution is 0.0730. The summed E-state index contributed by atoms with van der Waals surface area (Å²) < 4.78 is 0. The first-order valence-corrected chi connectivity index (χ1v) is 6.55. The van der Waals surface area contributed by atoms with Crippen molar-refractivity contribution in [3.05, 3.63) is 46.5 Å². The highest BCUT2D eigenvalue weighted by molar-refractivity contribution is 6.42. The van der Waals surface area contributed by atoms with E-state index in [1.807, 2.05) is 32.2 Å². The molecule has 18 heavy (non-hydrogen) atoms. The Hall–Kier alpha value is -0.540. The molecule has 1 atom stereocenters. The van der Waals surface area contributed by atoms with Gasteiger partial charge in [0.25, 0.3) is 0 Å². The molecule has 2 nitrogen and oxygen atoms in total. The zero-order chi connectivity index (χ0) is 13.8. The largest absolute Gasteiger partial charge is 0.394 e. The van der Waals surface area contributed by atoms with Crippen LogP contribution in [0.3, 0.4) is 0 Å². The summed E-state index contributed by atoms with van der Waals surface area (Å²) in [4.78, 5) is 2.07. The maximum absolute atomic E-state index is 9.63. The molecule has 0 saturated heterocycles. The number of hydrogen-bond acceptors (Lipinski definition) is 2. The highest BCUT2D eigenvalue weighted by Gasteiger charge is 2.28. The molecule has 0 amide bonds. The van der Waals surface area contributed by atoms with E-state index in [2.05, 4.69) is 11.5 Å². The SMILES string of the molecule is C=CCN(C)[C@@](C)(CO)Cc1ccc(Cl)c(Cl)c1. The van der Waals surface area contributed by atoms with Crippen LogP contribution in [-0.4, -0.2) is 35.7 Å². The summed E-state index contributed by atoms with van der Waals surface area (Å²) in [5.74, 6) is 0. The molecule has 0 bridgehead atoms. The molecule has 0 heterocycles. The number of hydrogen-bond donors (Lipinski definition) is 1. The molecule has 4 heteroatoms. The van der Waals surface area contributed by atoms with Crippen LogP contribution in [0, 0.1) is 0 Å². The molecular weight excluding hydrogens is 269 g/mol. The molecule has 0 saturated carbocycles. The zero-order valence-corrected chi connectivity index (χ0v) is 12.3. The van der Waals surface area contributed by atoms with Gasteiger partial charge < -0.3 is 5.11 Å². The summed E-state index contributed by atoms with van der Waals surface area (Å²) >= 11 is 11.9. The van der Waals surface area contributed by atoms with Gasteiger partial charge in [0.1, 0.15) is 0 Å². The second kappa shape index (κ2) is 6.58. The van der Waals surface area contributed by atoms with E-state index >= 15 is 0 Å². The van der Waals surface area contributed by atoms with E-state index in [1.165, 1.54) is 0 Å². The van der Waals surface area contributed by atoms with Crippen LogP contribution in [0.2, 0.25) is 10.0 Å².